The summed E-state index contributed by atoms with van der Waals surface area (Å²) >= 11 is 0. The molecule has 0 aromatic heterocycles. The van der Waals surface area contributed by atoms with E-state index in [2.05, 4.69) is 204 Å². The van der Waals surface area contributed by atoms with Gasteiger partial charge in [-0.1, -0.05) is 163 Å². The van der Waals surface area contributed by atoms with E-state index in [1.165, 1.54) is 54.2 Å². The normalized spacial score (nSPS) is 14.7. The Balaban J connectivity index is 1.31. The van der Waals surface area contributed by atoms with Crippen molar-refractivity contribution in [3.63, 3.8) is 0 Å². The summed E-state index contributed by atoms with van der Waals surface area (Å²) in [6, 6.07) is 58.6. The number of hydrogen-bond donors (Lipinski definition) is 0. The molecule has 0 aliphatic carbocycles. The highest BCUT2D eigenvalue weighted by Crippen LogP contribution is 2.45. The third kappa shape index (κ3) is 5.09. The standard InChI is InChI=1S/C50H44BNO2Si/c1-49(2,3)33-25-27-40-46(29-33)55(36-17-9-7-10-18-36,37-19-11-8-12-20-37)47-30-34(50(4,5)6)26-28-41(47)52(40)35-31-44-48-45(32-35)54-43-24-16-14-22-39(43)51(48)38-21-13-15-23-42(38)53-44/h7-32H,1-6H3. The van der Waals surface area contributed by atoms with Gasteiger partial charge < -0.3 is 14.4 Å². The molecule has 55 heavy (non-hydrogen) atoms. The minimum atomic E-state index is -2.92. The van der Waals surface area contributed by atoms with Gasteiger partial charge in [-0.2, -0.15) is 0 Å². The van der Waals surface area contributed by atoms with Gasteiger partial charge in [-0.25, -0.2) is 0 Å². The molecule has 0 spiro atoms. The Kier molecular flexibility index (Phi) is 7.44. The van der Waals surface area contributed by atoms with Crippen molar-refractivity contribution in [1.82, 2.24) is 0 Å². The molecule has 10 rings (SSSR count). The summed E-state index contributed by atoms with van der Waals surface area (Å²) in [5.74, 6) is 3.46. The number of para-hydroxylation sites is 2. The van der Waals surface area contributed by atoms with E-state index in [0.29, 0.717) is 0 Å². The summed E-state index contributed by atoms with van der Waals surface area (Å²) in [6.07, 6.45) is 0. The molecule has 7 aromatic rings. The Morgan fingerprint density at radius 3 is 1.31 bits per heavy atom. The molecule has 0 bridgehead atoms. The van der Waals surface area contributed by atoms with Crippen LogP contribution in [0.5, 0.6) is 23.0 Å². The van der Waals surface area contributed by atoms with Crippen LogP contribution in [-0.2, 0) is 10.8 Å². The Bertz CT molecular complexity index is 2460. The second-order valence-corrected chi connectivity index (χ2v) is 21.1. The second kappa shape index (κ2) is 12.1. The molecule has 0 saturated heterocycles. The molecular formula is C50H44BNO2Si. The lowest BCUT2D eigenvalue weighted by Crippen LogP contribution is -2.77. The zero-order valence-corrected chi connectivity index (χ0v) is 33.4. The van der Waals surface area contributed by atoms with Gasteiger partial charge in [0, 0.05) is 29.0 Å². The van der Waals surface area contributed by atoms with Crippen LogP contribution in [0, 0.1) is 0 Å². The molecule has 3 heterocycles. The van der Waals surface area contributed by atoms with E-state index in [1.54, 1.807) is 0 Å². The van der Waals surface area contributed by atoms with Crippen LogP contribution in [0.3, 0.4) is 0 Å². The molecule has 0 atom stereocenters. The first-order valence-electron chi connectivity index (χ1n) is 19.5. The highest BCUT2D eigenvalue weighted by molar-refractivity contribution is 7.21. The minimum Gasteiger partial charge on any atom is -0.458 e. The number of anilines is 3. The van der Waals surface area contributed by atoms with Gasteiger partial charge in [0.15, 0.2) is 8.07 Å². The predicted molar refractivity (Wildman–Crippen MR) is 233 cm³/mol. The Morgan fingerprint density at radius 1 is 0.455 bits per heavy atom. The van der Waals surface area contributed by atoms with Crippen molar-refractivity contribution in [2.75, 3.05) is 4.90 Å². The maximum atomic E-state index is 6.86. The smallest absolute Gasteiger partial charge is 0.260 e. The average molecular weight is 730 g/mol. The van der Waals surface area contributed by atoms with Crippen LogP contribution < -0.4 is 51.5 Å². The SMILES string of the molecule is CC(C)(C)c1ccc2c(c1)[Si](c1ccccc1)(c1ccccc1)c1cc(C(C)(C)C)ccc1N2c1cc2c3c(c1)Oc1ccccc1B3c1ccccc1O2. The summed E-state index contributed by atoms with van der Waals surface area (Å²) in [6.45, 7) is 14.0. The topological polar surface area (TPSA) is 21.7 Å². The van der Waals surface area contributed by atoms with E-state index in [-0.39, 0.29) is 17.5 Å². The van der Waals surface area contributed by atoms with Gasteiger partial charge in [-0.3, -0.25) is 0 Å². The second-order valence-electron chi connectivity index (χ2n) is 17.3. The quantitative estimate of drug-likeness (QED) is 0.172. The van der Waals surface area contributed by atoms with E-state index in [4.69, 9.17) is 9.47 Å². The molecule has 0 fully saturated rings. The van der Waals surface area contributed by atoms with Gasteiger partial charge in [0.05, 0.1) is 5.69 Å². The summed E-state index contributed by atoms with van der Waals surface area (Å²) in [7, 11) is -2.92. The fraction of sp³-hybridized carbons (Fsp3) is 0.160. The number of rotatable bonds is 3. The lowest BCUT2D eigenvalue weighted by atomic mass is 9.35. The fourth-order valence-electron chi connectivity index (χ4n) is 9.22. The van der Waals surface area contributed by atoms with Gasteiger partial charge in [0.2, 0.25) is 0 Å². The van der Waals surface area contributed by atoms with Crippen molar-refractivity contribution in [3.05, 3.63) is 169 Å². The molecule has 0 N–H and O–H groups in total. The monoisotopic (exact) mass is 729 g/mol. The van der Waals surface area contributed by atoms with Crippen LogP contribution in [0.2, 0.25) is 0 Å². The van der Waals surface area contributed by atoms with E-state index in [1.807, 2.05) is 0 Å². The zero-order chi connectivity index (χ0) is 37.7. The van der Waals surface area contributed by atoms with Gasteiger partial charge in [0.25, 0.3) is 6.71 Å². The number of ether oxygens (including phenoxy) is 2. The van der Waals surface area contributed by atoms with Crippen LogP contribution in [0.25, 0.3) is 0 Å². The summed E-state index contributed by atoms with van der Waals surface area (Å²) in [5, 5.41) is 5.53. The number of fused-ring (bicyclic) bond motifs is 6. The van der Waals surface area contributed by atoms with Gasteiger partial charge in [-0.15, -0.1) is 0 Å². The Morgan fingerprint density at radius 2 is 0.873 bits per heavy atom. The molecule has 0 amide bonds. The summed E-state index contributed by atoms with van der Waals surface area (Å²) in [4.78, 5) is 2.49. The lowest BCUT2D eigenvalue weighted by Gasteiger charge is -2.46. The Labute approximate surface area is 326 Å². The fourth-order valence-corrected chi connectivity index (χ4v) is 14.4. The van der Waals surface area contributed by atoms with E-state index < -0.39 is 8.07 Å². The first-order chi connectivity index (χ1) is 26.5. The third-order valence-electron chi connectivity index (χ3n) is 12.0. The van der Waals surface area contributed by atoms with Crippen LogP contribution >= 0.6 is 0 Å². The molecule has 5 heteroatoms. The third-order valence-corrected chi connectivity index (χ3v) is 16.8. The van der Waals surface area contributed by atoms with Gasteiger partial charge in [-0.05, 0) is 77.9 Å². The van der Waals surface area contributed by atoms with Gasteiger partial charge >= 0.3 is 0 Å². The molecule has 268 valence electrons. The van der Waals surface area contributed by atoms with Crippen molar-refractivity contribution in [2.24, 2.45) is 0 Å². The van der Waals surface area contributed by atoms with Crippen LogP contribution in [0.1, 0.15) is 52.7 Å². The molecule has 0 saturated carbocycles. The zero-order valence-electron chi connectivity index (χ0n) is 32.4. The molecule has 0 unspecified atom stereocenters. The van der Waals surface area contributed by atoms with Crippen molar-refractivity contribution < 1.29 is 9.47 Å². The van der Waals surface area contributed by atoms with Gasteiger partial charge in [0.1, 0.15) is 23.0 Å². The first kappa shape index (κ1) is 33.8. The van der Waals surface area contributed by atoms with Crippen LogP contribution in [0.4, 0.5) is 17.1 Å². The van der Waals surface area contributed by atoms with Crippen molar-refractivity contribution >= 4 is 69.0 Å². The summed E-state index contributed by atoms with van der Waals surface area (Å²) < 4.78 is 13.7. The largest absolute Gasteiger partial charge is 0.458 e. The summed E-state index contributed by atoms with van der Waals surface area (Å²) in [5.41, 5.74) is 9.38. The maximum absolute atomic E-state index is 6.86. The number of nitrogens with zero attached hydrogens (tertiary/aromatic N) is 1. The minimum absolute atomic E-state index is 0.0229. The average Bonchev–Trinajstić information content (AvgIpc) is 3.19. The molecule has 3 aliphatic heterocycles. The molecular weight excluding hydrogens is 685 g/mol. The maximum Gasteiger partial charge on any atom is 0.260 e. The number of benzene rings is 7. The first-order valence-corrected chi connectivity index (χ1v) is 21.5. The van der Waals surface area contributed by atoms with E-state index >= 15 is 0 Å². The van der Waals surface area contributed by atoms with E-state index in [0.717, 1.165) is 34.1 Å². The van der Waals surface area contributed by atoms with E-state index in [9.17, 15) is 0 Å². The molecule has 7 aromatic carbocycles. The van der Waals surface area contributed by atoms with Crippen LogP contribution in [-0.4, -0.2) is 14.8 Å². The highest BCUT2D eigenvalue weighted by atomic mass is 28.3. The van der Waals surface area contributed by atoms with Crippen LogP contribution in [0.15, 0.2) is 158 Å². The highest BCUT2D eigenvalue weighted by Gasteiger charge is 2.50. The molecule has 3 aliphatic rings. The lowest BCUT2D eigenvalue weighted by molar-refractivity contribution is 0.465. The number of hydrogen-bond acceptors (Lipinski definition) is 3. The van der Waals surface area contributed by atoms with Crippen molar-refractivity contribution in [1.29, 1.82) is 0 Å². The van der Waals surface area contributed by atoms with Crippen molar-refractivity contribution in [2.45, 2.75) is 52.4 Å². The predicted octanol–water partition coefficient (Wildman–Crippen LogP) is 8.17. The van der Waals surface area contributed by atoms with Crippen molar-refractivity contribution in [3.8, 4) is 23.0 Å². The molecule has 0 radical (unpaired) electrons. The molecule has 3 nitrogen and oxygen atoms in total. The Hall–Kier alpha value is -5.78.